The monoisotopic (exact) mass is 378 g/mol. The summed E-state index contributed by atoms with van der Waals surface area (Å²) in [5.74, 6) is -0.866. The first kappa shape index (κ1) is 19.4. The van der Waals surface area contributed by atoms with Crippen LogP contribution >= 0.6 is 0 Å². The zero-order valence-corrected chi connectivity index (χ0v) is 15.9. The molecule has 0 fully saturated rings. The lowest BCUT2D eigenvalue weighted by Gasteiger charge is -2.19. The minimum atomic E-state index is -0.997. The molecular formula is C23H22O5. The number of ether oxygens (including phenoxy) is 2. The predicted octanol–water partition coefficient (Wildman–Crippen LogP) is 4.97. The first-order valence-electron chi connectivity index (χ1n) is 9.08. The van der Waals surface area contributed by atoms with Crippen LogP contribution in [-0.4, -0.2) is 29.8 Å². The van der Waals surface area contributed by atoms with Crippen molar-refractivity contribution in [1.29, 1.82) is 0 Å². The van der Waals surface area contributed by atoms with Crippen LogP contribution in [0.25, 0.3) is 21.5 Å². The van der Waals surface area contributed by atoms with Crippen molar-refractivity contribution in [3.63, 3.8) is 0 Å². The van der Waals surface area contributed by atoms with Gasteiger partial charge in [-0.15, -0.1) is 0 Å². The van der Waals surface area contributed by atoms with E-state index >= 15 is 0 Å². The lowest BCUT2D eigenvalue weighted by Crippen LogP contribution is -2.24. The van der Waals surface area contributed by atoms with E-state index in [9.17, 15) is 14.7 Å². The van der Waals surface area contributed by atoms with Gasteiger partial charge in [0, 0.05) is 16.3 Å². The molecule has 0 aliphatic heterocycles. The van der Waals surface area contributed by atoms with Crippen molar-refractivity contribution in [2.75, 3.05) is 6.61 Å². The summed E-state index contributed by atoms with van der Waals surface area (Å²) in [5, 5.41) is 12.8. The highest BCUT2D eigenvalue weighted by molar-refractivity contribution is 6.07. The number of carbonyl (C=O) groups excluding carboxylic acids is 1. The number of aromatic carboxylic acids is 1. The van der Waals surface area contributed by atoms with Gasteiger partial charge < -0.3 is 14.6 Å². The Balaban J connectivity index is 2.03. The SMILES string of the molecule is C=C(C)C(=O)OC(CC)COc1c2ccccc2cc2ccc(C(=O)O)cc12. The van der Waals surface area contributed by atoms with Crippen molar-refractivity contribution in [2.24, 2.45) is 0 Å². The first-order chi connectivity index (χ1) is 13.4. The largest absolute Gasteiger partial charge is 0.488 e. The normalized spacial score (nSPS) is 11.9. The standard InChI is InChI=1S/C23H22O5/c1-4-18(28-23(26)14(2)3)13-27-21-19-8-6-5-7-15(19)11-16-9-10-17(22(24)25)12-20(16)21/h5-12,18H,2,4,13H2,1,3H3,(H,24,25). The smallest absolute Gasteiger partial charge is 0.335 e. The van der Waals surface area contributed by atoms with Crippen molar-refractivity contribution in [3.8, 4) is 5.75 Å². The van der Waals surface area contributed by atoms with Gasteiger partial charge >= 0.3 is 11.9 Å². The Morgan fingerprint density at radius 2 is 1.79 bits per heavy atom. The molecule has 1 atom stereocenters. The van der Waals surface area contributed by atoms with E-state index in [1.54, 1.807) is 25.1 Å². The van der Waals surface area contributed by atoms with Crippen LogP contribution in [0.5, 0.6) is 5.75 Å². The second-order valence-corrected chi connectivity index (χ2v) is 6.69. The van der Waals surface area contributed by atoms with E-state index in [1.807, 2.05) is 37.3 Å². The van der Waals surface area contributed by atoms with Gasteiger partial charge in [0.05, 0.1) is 5.56 Å². The predicted molar refractivity (Wildman–Crippen MR) is 109 cm³/mol. The summed E-state index contributed by atoms with van der Waals surface area (Å²) in [6.45, 7) is 7.27. The topological polar surface area (TPSA) is 72.8 Å². The van der Waals surface area contributed by atoms with Gasteiger partial charge in [0.25, 0.3) is 0 Å². The van der Waals surface area contributed by atoms with Crippen molar-refractivity contribution in [1.82, 2.24) is 0 Å². The molecule has 144 valence electrons. The van der Waals surface area contributed by atoms with E-state index in [-0.39, 0.29) is 12.2 Å². The fourth-order valence-electron chi connectivity index (χ4n) is 2.97. The summed E-state index contributed by atoms with van der Waals surface area (Å²) in [5.41, 5.74) is 0.522. The second-order valence-electron chi connectivity index (χ2n) is 6.69. The zero-order valence-electron chi connectivity index (χ0n) is 15.9. The van der Waals surface area contributed by atoms with E-state index in [0.29, 0.717) is 23.1 Å². The van der Waals surface area contributed by atoms with Gasteiger partial charge in [-0.2, -0.15) is 0 Å². The Bertz CT molecular complexity index is 1070. The average Bonchev–Trinajstić information content (AvgIpc) is 2.69. The molecule has 5 heteroatoms. The maximum atomic E-state index is 11.8. The van der Waals surface area contributed by atoms with E-state index in [0.717, 1.165) is 16.2 Å². The van der Waals surface area contributed by atoms with Crippen LogP contribution in [0.15, 0.2) is 60.7 Å². The molecule has 0 radical (unpaired) electrons. The molecule has 3 aromatic rings. The highest BCUT2D eigenvalue weighted by Gasteiger charge is 2.17. The molecule has 5 nitrogen and oxygen atoms in total. The summed E-state index contributed by atoms with van der Waals surface area (Å²) < 4.78 is 11.5. The van der Waals surface area contributed by atoms with Gasteiger partial charge in [-0.1, -0.05) is 43.8 Å². The molecule has 3 aromatic carbocycles. The van der Waals surface area contributed by atoms with Crippen LogP contribution in [-0.2, 0) is 9.53 Å². The van der Waals surface area contributed by atoms with Crippen molar-refractivity contribution >= 4 is 33.5 Å². The molecule has 0 aromatic heterocycles. The number of carboxylic acid groups (broad SMARTS) is 1. The third-order valence-electron chi connectivity index (χ3n) is 4.55. The van der Waals surface area contributed by atoms with E-state index in [1.165, 1.54) is 0 Å². The number of carbonyl (C=O) groups is 2. The highest BCUT2D eigenvalue weighted by atomic mass is 16.6. The van der Waals surface area contributed by atoms with Crippen molar-refractivity contribution in [3.05, 3.63) is 66.2 Å². The van der Waals surface area contributed by atoms with Gasteiger partial charge in [0.2, 0.25) is 0 Å². The average molecular weight is 378 g/mol. The number of hydrogen-bond donors (Lipinski definition) is 1. The quantitative estimate of drug-likeness (QED) is 0.357. The number of fused-ring (bicyclic) bond motifs is 2. The zero-order chi connectivity index (χ0) is 20.3. The first-order valence-corrected chi connectivity index (χ1v) is 9.08. The van der Waals surface area contributed by atoms with Crippen LogP contribution < -0.4 is 4.74 Å². The lowest BCUT2D eigenvalue weighted by atomic mass is 10.00. The molecule has 0 bridgehead atoms. The van der Waals surface area contributed by atoms with Crippen LogP contribution in [0.1, 0.15) is 30.6 Å². The maximum Gasteiger partial charge on any atom is 0.335 e. The molecule has 1 N–H and O–H groups in total. The van der Waals surface area contributed by atoms with Gasteiger partial charge in [0.15, 0.2) is 0 Å². The summed E-state index contributed by atoms with van der Waals surface area (Å²) in [6, 6.07) is 14.7. The summed E-state index contributed by atoms with van der Waals surface area (Å²) in [4.78, 5) is 23.2. The molecule has 0 saturated carbocycles. The number of hydrogen-bond acceptors (Lipinski definition) is 4. The number of benzene rings is 3. The van der Waals surface area contributed by atoms with Gasteiger partial charge in [-0.05, 0) is 42.3 Å². The van der Waals surface area contributed by atoms with Crippen LogP contribution in [0.2, 0.25) is 0 Å². The third-order valence-corrected chi connectivity index (χ3v) is 4.55. The van der Waals surface area contributed by atoms with E-state index in [4.69, 9.17) is 9.47 Å². The maximum absolute atomic E-state index is 11.8. The Labute approximate surface area is 163 Å². The number of carboxylic acids is 1. The minimum absolute atomic E-state index is 0.163. The van der Waals surface area contributed by atoms with Crippen LogP contribution in [0.4, 0.5) is 0 Å². The fourth-order valence-corrected chi connectivity index (χ4v) is 2.97. The van der Waals surface area contributed by atoms with Gasteiger partial charge in [0.1, 0.15) is 18.5 Å². The van der Waals surface area contributed by atoms with Crippen LogP contribution in [0.3, 0.4) is 0 Å². The molecule has 0 heterocycles. The van der Waals surface area contributed by atoms with Gasteiger partial charge in [-0.25, -0.2) is 9.59 Å². The molecule has 0 spiro atoms. The Kier molecular flexibility index (Phi) is 5.64. The summed E-state index contributed by atoms with van der Waals surface area (Å²) >= 11 is 0. The number of rotatable bonds is 7. The van der Waals surface area contributed by atoms with Crippen LogP contribution in [0, 0.1) is 0 Å². The molecule has 0 aliphatic carbocycles. The molecule has 0 amide bonds. The summed E-state index contributed by atoms with van der Waals surface area (Å²) in [7, 11) is 0. The van der Waals surface area contributed by atoms with Crippen molar-refractivity contribution in [2.45, 2.75) is 26.4 Å². The third kappa shape index (κ3) is 3.98. The molecule has 28 heavy (non-hydrogen) atoms. The second kappa shape index (κ2) is 8.13. The minimum Gasteiger partial charge on any atom is -0.488 e. The molecule has 0 saturated heterocycles. The highest BCUT2D eigenvalue weighted by Crippen LogP contribution is 2.35. The Morgan fingerprint density at radius 1 is 1.07 bits per heavy atom. The lowest BCUT2D eigenvalue weighted by molar-refractivity contribution is -0.145. The Hall–Kier alpha value is -3.34. The molecular weight excluding hydrogens is 356 g/mol. The molecule has 1 unspecified atom stereocenters. The fraction of sp³-hybridized carbons (Fsp3) is 0.217. The van der Waals surface area contributed by atoms with Crippen molar-refractivity contribution < 1.29 is 24.2 Å². The molecule has 3 rings (SSSR count). The van der Waals surface area contributed by atoms with Gasteiger partial charge in [-0.3, -0.25) is 0 Å². The van der Waals surface area contributed by atoms with E-state index in [2.05, 4.69) is 6.58 Å². The van der Waals surface area contributed by atoms with E-state index < -0.39 is 18.0 Å². The number of esters is 1. The Morgan fingerprint density at radius 3 is 2.46 bits per heavy atom. The molecule has 0 aliphatic rings. The summed E-state index contributed by atoms with van der Waals surface area (Å²) in [6.07, 6.45) is 0.156.